The Hall–Kier alpha value is -0.904. The fourth-order valence-electron chi connectivity index (χ4n) is 2.41. The second kappa shape index (κ2) is 7.92. The van der Waals surface area contributed by atoms with Gasteiger partial charge in [0, 0.05) is 32.4 Å². The van der Waals surface area contributed by atoms with Gasteiger partial charge in [0.1, 0.15) is 11.9 Å². The van der Waals surface area contributed by atoms with E-state index in [1.165, 1.54) is 5.69 Å². The number of piperazine rings is 1. The van der Waals surface area contributed by atoms with Crippen LogP contribution in [0.15, 0.2) is 42.6 Å². The van der Waals surface area contributed by atoms with Crippen LogP contribution in [0.1, 0.15) is 5.56 Å². The number of rotatable bonds is 2. The SMILES string of the molecule is N#Cc1ccc(N2CCN(c3c[c-]ccc3)CC2)nc1.[K+]. The molecule has 1 aliphatic rings. The van der Waals surface area contributed by atoms with E-state index in [9.17, 15) is 0 Å². The van der Waals surface area contributed by atoms with Crippen molar-refractivity contribution >= 4 is 11.5 Å². The maximum atomic E-state index is 8.79. The third-order valence-electron chi connectivity index (χ3n) is 3.54. The van der Waals surface area contributed by atoms with Gasteiger partial charge in [-0.2, -0.15) is 29.5 Å². The Balaban J connectivity index is 0.00000161. The molecule has 1 fully saturated rings. The molecule has 0 amide bonds. The summed E-state index contributed by atoms with van der Waals surface area (Å²) in [6.07, 6.45) is 1.63. The van der Waals surface area contributed by atoms with Crippen LogP contribution in [0.25, 0.3) is 0 Å². The largest absolute Gasteiger partial charge is 1.00 e. The molecule has 21 heavy (non-hydrogen) atoms. The van der Waals surface area contributed by atoms with E-state index in [0.29, 0.717) is 5.56 Å². The van der Waals surface area contributed by atoms with Gasteiger partial charge in [-0.15, -0.1) is 6.07 Å². The number of benzene rings is 1. The molecule has 0 saturated carbocycles. The van der Waals surface area contributed by atoms with Crippen molar-refractivity contribution < 1.29 is 51.4 Å². The maximum absolute atomic E-state index is 8.79. The molecule has 0 atom stereocenters. The fourth-order valence-corrected chi connectivity index (χ4v) is 2.41. The molecular formula is C16H15KN4. The third kappa shape index (κ3) is 4.06. The van der Waals surface area contributed by atoms with Crippen LogP contribution in [0, 0.1) is 17.4 Å². The van der Waals surface area contributed by atoms with Gasteiger partial charge in [-0.25, -0.2) is 4.98 Å². The van der Waals surface area contributed by atoms with E-state index in [0.717, 1.165) is 32.0 Å². The van der Waals surface area contributed by atoms with E-state index in [4.69, 9.17) is 5.26 Å². The molecule has 0 bridgehead atoms. The second-order valence-corrected chi connectivity index (χ2v) is 4.75. The van der Waals surface area contributed by atoms with Crippen LogP contribution in [-0.2, 0) is 0 Å². The number of nitrogens with zero attached hydrogens (tertiary/aromatic N) is 4. The molecule has 4 nitrogen and oxygen atoms in total. The zero-order valence-corrected chi connectivity index (χ0v) is 15.3. The van der Waals surface area contributed by atoms with Gasteiger partial charge < -0.3 is 9.80 Å². The van der Waals surface area contributed by atoms with Gasteiger partial charge in [0.05, 0.1) is 5.56 Å². The molecule has 5 heteroatoms. The van der Waals surface area contributed by atoms with Crippen molar-refractivity contribution in [3.05, 3.63) is 54.2 Å². The van der Waals surface area contributed by atoms with Gasteiger partial charge >= 0.3 is 51.4 Å². The average molecular weight is 302 g/mol. The first kappa shape index (κ1) is 16.5. The van der Waals surface area contributed by atoms with Crippen molar-refractivity contribution in [2.75, 3.05) is 36.0 Å². The number of aromatic nitrogens is 1. The zero-order chi connectivity index (χ0) is 13.8. The molecular weight excluding hydrogens is 287 g/mol. The Morgan fingerprint density at radius 3 is 2.43 bits per heavy atom. The molecule has 1 aromatic carbocycles. The Labute approximate surface area is 167 Å². The maximum Gasteiger partial charge on any atom is 1.00 e. The summed E-state index contributed by atoms with van der Waals surface area (Å²) < 4.78 is 0. The van der Waals surface area contributed by atoms with Gasteiger partial charge in [-0.05, 0) is 12.1 Å². The van der Waals surface area contributed by atoms with Gasteiger partial charge in [0.2, 0.25) is 0 Å². The minimum absolute atomic E-state index is 0. The molecule has 0 unspecified atom stereocenters. The van der Waals surface area contributed by atoms with Gasteiger partial charge in [-0.1, -0.05) is 5.69 Å². The average Bonchev–Trinajstić information content (AvgIpc) is 2.56. The Kier molecular flexibility index (Phi) is 6.21. The molecule has 0 spiro atoms. The zero-order valence-electron chi connectivity index (χ0n) is 12.2. The molecule has 0 N–H and O–H groups in total. The molecule has 1 saturated heterocycles. The molecule has 2 aromatic rings. The van der Waals surface area contributed by atoms with Crippen molar-refractivity contribution in [1.82, 2.24) is 4.98 Å². The van der Waals surface area contributed by atoms with Gasteiger partial charge in [0.25, 0.3) is 0 Å². The van der Waals surface area contributed by atoms with Crippen LogP contribution in [0.2, 0.25) is 0 Å². The van der Waals surface area contributed by atoms with Crippen LogP contribution < -0.4 is 61.2 Å². The van der Waals surface area contributed by atoms with Crippen LogP contribution in [0.3, 0.4) is 0 Å². The second-order valence-electron chi connectivity index (χ2n) is 4.75. The first-order valence-corrected chi connectivity index (χ1v) is 6.69. The van der Waals surface area contributed by atoms with Crippen molar-refractivity contribution in [3.8, 4) is 6.07 Å². The number of anilines is 2. The number of nitriles is 1. The minimum Gasteiger partial charge on any atom is -0.420 e. The van der Waals surface area contributed by atoms with Gasteiger partial charge in [-0.3, -0.25) is 0 Å². The molecule has 1 aliphatic heterocycles. The predicted octanol–water partition coefficient (Wildman–Crippen LogP) is -0.916. The number of hydrogen-bond acceptors (Lipinski definition) is 4. The standard InChI is InChI=1S/C16H15N4.K/c17-12-14-6-7-16(18-13-14)20-10-8-19(9-11-20)15-4-2-1-3-5-15;/h1-2,4-7,13H,8-11H2;/q-1;+1. The van der Waals surface area contributed by atoms with Crippen molar-refractivity contribution in [2.45, 2.75) is 0 Å². The van der Waals surface area contributed by atoms with E-state index in [-0.39, 0.29) is 51.4 Å². The summed E-state index contributed by atoms with van der Waals surface area (Å²) in [5, 5.41) is 8.79. The molecule has 2 heterocycles. The number of hydrogen-bond donors (Lipinski definition) is 0. The molecule has 0 radical (unpaired) electrons. The topological polar surface area (TPSA) is 43.2 Å². The molecule has 1 aromatic heterocycles. The summed E-state index contributed by atoms with van der Waals surface area (Å²) in [5.41, 5.74) is 1.83. The van der Waals surface area contributed by atoms with Crippen LogP contribution in [0.4, 0.5) is 11.5 Å². The van der Waals surface area contributed by atoms with Gasteiger partial charge in [0.15, 0.2) is 0 Å². The Morgan fingerprint density at radius 1 is 1.10 bits per heavy atom. The van der Waals surface area contributed by atoms with Crippen LogP contribution in [-0.4, -0.2) is 31.2 Å². The Bertz CT molecular complexity index is 598. The van der Waals surface area contributed by atoms with Crippen molar-refractivity contribution in [2.24, 2.45) is 0 Å². The van der Waals surface area contributed by atoms with Crippen LogP contribution in [0.5, 0.6) is 0 Å². The Morgan fingerprint density at radius 2 is 1.86 bits per heavy atom. The monoisotopic (exact) mass is 302 g/mol. The number of pyridine rings is 1. The minimum atomic E-state index is 0. The van der Waals surface area contributed by atoms with E-state index in [2.05, 4.69) is 33.0 Å². The summed E-state index contributed by atoms with van der Waals surface area (Å²) >= 11 is 0. The first-order chi connectivity index (χ1) is 9.86. The van der Waals surface area contributed by atoms with E-state index < -0.39 is 0 Å². The fraction of sp³-hybridized carbons (Fsp3) is 0.250. The summed E-state index contributed by atoms with van der Waals surface area (Å²) in [6.45, 7) is 3.82. The molecule has 0 aliphatic carbocycles. The first-order valence-electron chi connectivity index (χ1n) is 6.69. The van der Waals surface area contributed by atoms with Crippen LogP contribution >= 0.6 is 0 Å². The smallest absolute Gasteiger partial charge is 0.420 e. The van der Waals surface area contributed by atoms with E-state index in [1.54, 1.807) is 6.20 Å². The summed E-state index contributed by atoms with van der Waals surface area (Å²) in [7, 11) is 0. The van der Waals surface area contributed by atoms with E-state index >= 15 is 0 Å². The van der Waals surface area contributed by atoms with Crippen molar-refractivity contribution in [1.29, 1.82) is 5.26 Å². The summed E-state index contributed by atoms with van der Waals surface area (Å²) in [5.74, 6) is 0.947. The molecule has 100 valence electrons. The summed E-state index contributed by atoms with van der Waals surface area (Å²) in [6, 6.07) is 17.0. The normalized spacial score (nSPS) is 14.2. The quantitative estimate of drug-likeness (QED) is 0.532. The predicted molar refractivity (Wildman–Crippen MR) is 78.7 cm³/mol. The third-order valence-corrected chi connectivity index (χ3v) is 3.54. The van der Waals surface area contributed by atoms with Crippen molar-refractivity contribution in [3.63, 3.8) is 0 Å². The van der Waals surface area contributed by atoms with E-state index in [1.807, 2.05) is 30.3 Å². The summed E-state index contributed by atoms with van der Waals surface area (Å²) in [4.78, 5) is 8.96. The molecule has 3 rings (SSSR count).